The van der Waals surface area contributed by atoms with E-state index < -0.39 is 29.6 Å². The first-order valence-corrected chi connectivity index (χ1v) is 11.3. The van der Waals surface area contributed by atoms with Crippen LogP contribution in [0.25, 0.3) is 0 Å². The number of fused-ring (bicyclic) bond motifs is 1. The fraction of sp³-hybridized carbons (Fsp3) is 0.308. The largest absolute Gasteiger partial charge is 0.467 e. The summed E-state index contributed by atoms with van der Waals surface area (Å²) in [5.41, 5.74) is -0.287. The summed E-state index contributed by atoms with van der Waals surface area (Å²) in [6, 6.07) is 12.5. The van der Waals surface area contributed by atoms with Crippen molar-refractivity contribution >= 4 is 11.8 Å². The predicted octanol–water partition coefficient (Wildman–Crippen LogP) is 5.11. The first-order chi connectivity index (χ1) is 17.1. The molecule has 2 aromatic carbocycles. The highest BCUT2D eigenvalue weighted by Crippen LogP contribution is 2.33. The molecule has 36 heavy (non-hydrogen) atoms. The molecule has 10 heteroatoms. The summed E-state index contributed by atoms with van der Waals surface area (Å²) in [6.45, 7) is 3.54. The van der Waals surface area contributed by atoms with Crippen molar-refractivity contribution in [1.82, 2.24) is 9.80 Å². The van der Waals surface area contributed by atoms with Crippen LogP contribution < -0.4 is 9.47 Å². The summed E-state index contributed by atoms with van der Waals surface area (Å²) < 4.78 is 55.7. The fourth-order valence-electron chi connectivity index (χ4n) is 3.81. The van der Waals surface area contributed by atoms with E-state index in [-0.39, 0.29) is 32.0 Å². The van der Waals surface area contributed by atoms with Crippen LogP contribution in [0.2, 0.25) is 0 Å². The van der Waals surface area contributed by atoms with E-state index in [1.807, 2.05) is 6.07 Å². The zero-order valence-corrected chi connectivity index (χ0v) is 19.7. The highest BCUT2D eigenvalue weighted by atomic mass is 19.4. The first-order valence-electron chi connectivity index (χ1n) is 11.3. The average Bonchev–Trinajstić information content (AvgIpc) is 3.52. The van der Waals surface area contributed by atoms with Gasteiger partial charge in [0, 0.05) is 18.2 Å². The Morgan fingerprint density at radius 2 is 1.75 bits per heavy atom. The van der Waals surface area contributed by atoms with Crippen molar-refractivity contribution in [3.8, 4) is 11.5 Å². The van der Waals surface area contributed by atoms with Crippen molar-refractivity contribution in [2.75, 3.05) is 13.3 Å². The summed E-state index contributed by atoms with van der Waals surface area (Å²) >= 11 is 0. The van der Waals surface area contributed by atoms with Gasteiger partial charge < -0.3 is 23.7 Å². The summed E-state index contributed by atoms with van der Waals surface area (Å²) in [4.78, 5) is 29.4. The van der Waals surface area contributed by atoms with Gasteiger partial charge in [0.1, 0.15) is 12.3 Å². The number of amides is 2. The van der Waals surface area contributed by atoms with Gasteiger partial charge in [-0.15, -0.1) is 0 Å². The molecule has 0 N–H and O–H groups in total. The lowest BCUT2D eigenvalue weighted by Crippen LogP contribution is -2.45. The molecule has 0 radical (unpaired) electrons. The molecule has 0 fully saturated rings. The SMILES string of the molecule is CC(C)N(CC(=O)N(Cc1ccc2c(c1)OCO2)Cc1ccco1)C(=O)c1cccc(C(F)(F)F)c1. The Morgan fingerprint density at radius 1 is 0.972 bits per heavy atom. The van der Waals surface area contributed by atoms with Gasteiger partial charge >= 0.3 is 6.18 Å². The van der Waals surface area contributed by atoms with Crippen LogP contribution in [-0.4, -0.2) is 41.0 Å². The Hall–Kier alpha value is -3.95. The van der Waals surface area contributed by atoms with Crippen LogP contribution in [0.3, 0.4) is 0 Å². The fourth-order valence-corrected chi connectivity index (χ4v) is 3.81. The highest BCUT2D eigenvalue weighted by molar-refractivity contribution is 5.97. The molecule has 0 atom stereocenters. The number of halogens is 3. The third kappa shape index (κ3) is 5.81. The first kappa shape index (κ1) is 25.2. The maximum Gasteiger partial charge on any atom is 0.416 e. The lowest BCUT2D eigenvalue weighted by Gasteiger charge is -2.30. The van der Waals surface area contributed by atoms with Crippen LogP contribution in [0.15, 0.2) is 65.3 Å². The monoisotopic (exact) mass is 502 g/mol. The lowest BCUT2D eigenvalue weighted by molar-refractivity contribution is -0.137. The molecule has 7 nitrogen and oxygen atoms in total. The van der Waals surface area contributed by atoms with Gasteiger partial charge in [-0.2, -0.15) is 13.2 Å². The molecule has 1 aromatic heterocycles. The Bertz CT molecular complexity index is 1220. The van der Waals surface area contributed by atoms with Crippen molar-refractivity contribution in [3.05, 3.63) is 83.3 Å². The van der Waals surface area contributed by atoms with Crippen LogP contribution in [0.1, 0.15) is 41.1 Å². The maximum atomic E-state index is 13.4. The molecular formula is C26H25F3N2O5. The van der Waals surface area contributed by atoms with Crippen LogP contribution in [0, 0.1) is 0 Å². The number of benzene rings is 2. The van der Waals surface area contributed by atoms with Crippen LogP contribution in [-0.2, 0) is 24.1 Å². The van der Waals surface area contributed by atoms with Crippen LogP contribution in [0.5, 0.6) is 11.5 Å². The maximum absolute atomic E-state index is 13.4. The number of furan rings is 1. The molecule has 4 rings (SSSR count). The molecule has 1 aliphatic heterocycles. The van der Waals surface area contributed by atoms with Gasteiger partial charge in [-0.1, -0.05) is 12.1 Å². The number of hydrogen-bond donors (Lipinski definition) is 0. The third-order valence-corrected chi connectivity index (χ3v) is 5.72. The van der Waals surface area contributed by atoms with Crippen molar-refractivity contribution in [1.29, 1.82) is 0 Å². The van der Waals surface area contributed by atoms with E-state index in [0.29, 0.717) is 17.3 Å². The van der Waals surface area contributed by atoms with Gasteiger partial charge in [0.25, 0.3) is 5.91 Å². The number of ether oxygens (including phenoxy) is 2. The van der Waals surface area contributed by atoms with Crippen LogP contribution in [0.4, 0.5) is 13.2 Å². The normalized spacial score (nSPS) is 12.6. The van der Waals surface area contributed by atoms with Crippen LogP contribution >= 0.6 is 0 Å². The number of nitrogens with zero attached hydrogens (tertiary/aromatic N) is 2. The molecule has 2 amide bonds. The third-order valence-electron chi connectivity index (χ3n) is 5.72. The smallest absolute Gasteiger partial charge is 0.416 e. The predicted molar refractivity (Wildman–Crippen MR) is 123 cm³/mol. The van der Waals surface area contributed by atoms with Gasteiger partial charge in [0.05, 0.1) is 18.4 Å². The Morgan fingerprint density at radius 3 is 2.44 bits per heavy atom. The van der Waals surface area contributed by atoms with E-state index in [2.05, 4.69) is 0 Å². The second-order valence-corrected chi connectivity index (χ2v) is 8.62. The molecular weight excluding hydrogens is 477 g/mol. The average molecular weight is 502 g/mol. The zero-order chi connectivity index (χ0) is 25.9. The van der Waals surface area contributed by atoms with Crippen molar-refractivity contribution in [2.24, 2.45) is 0 Å². The second-order valence-electron chi connectivity index (χ2n) is 8.62. The summed E-state index contributed by atoms with van der Waals surface area (Å²) in [7, 11) is 0. The van der Waals surface area contributed by atoms with E-state index in [4.69, 9.17) is 13.9 Å². The molecule has 0 aliphatic carbocycles. The van der Waals surface area contributed by atoms with E-state index in [1.165, 1.54) is 28.2 Å². The van der Waals surface area contributed by atoms with E-state index in [0.717, 1.165) is 17.7 Å². The topological polar surface area (TPSA) is 72.2 Å². The quantitative estimate of drug-likeness (QED) is 0.428. The molecule has 0 unspecified atom stereocenters. The second kappa shape index (κ2) is 10.3. The van der Waals surface area contributed by atoms with Crippen molar-refractivity contribution in [2.45, 2.75) is 39.2 Å². The lowest BCUT2D eigenvalue weighted by atomic mass is 10.1. The number of hydrogen-bond acceptors (Lipinski definition) is 5. The van der Waals surface area contributed by atoms with Gasteiger partial charge in [0.2, 0.25) is 12.7 Å². The summed E-state index contributed by atoms with van der Waals surface area (Å²) in [5, 5.41) is 0. The summed E-state index contributed by atoms with van der Waals surface area (Å²) in [6.07, 6.45) is -3.09. The number of carbonyl (C=O) groups excluding carboxylic acids is 2. The highest BCUT2D eigenvalue weighted by Gasteiger charge is 2.32. The molecule has 2 heterocycles. The van der Waals surface area contributed by atoms with Gasteiger partial charge in [-0.25, -0.2) is 0 Å². The molecule has 0 saturated heterocycles. The molecule has 0 saturated carbocycles. The van der Waals surface area contributed by atoms with Crippen molar-refractivity contribution < 1.29 is 36.7 Å². The molecule has 190 valence electrons. The molecule has 3 aromatic rings. The minimum Gasteiger partial charge on any atom is -0.467 e. The van der Waals surface area contributed by atoms with Gasteiger partial charge in [-0.3, -0.25) is 9.59 Å². The van der Waals surface area contributed by atoms with Gasteiger partial charge in [0.15, 0.2) is 11.5 Å². The number of carbonyl (C=O) groups is 2. The van der Waals surface area contributed by atoms with Crippen molar-refractivity contribution in [3.63, 3.8) is 0 Å². The number of rotatable bonds is 8. The Labute approximate surface area is 206 Å². The minimum absolute atomic E-state index is 0.120. The standard InChI is InChI=1S/C26H25F3N2O5/c1-17(2)31(25(33)19-5-3-6-20(12-19)26(27,28)29)15-24(32)30(14-21-7-4-10-34-21)13-18-8-9-22-23(11-18)36-16-35-22/h3-12,17H,13-16H2,1-2H3. The molecule has 1 aliphatic rings. The number of alkyl halides is 3. The molecule has 0 spiro atoms. The van der Waals surface area contributed by atoms with E-state index >= 15 is 0 Å². The Kier molecular flexibility index (Phi) is 7.23. The van der Waals surface area contributed by atoms with E-state index in [1.54, 1.807) is 38.1 Å². The van der Waals surface area contributed by atoms with Gasteiger partial charge in [-0.05, 0) is 61.9 Å². The van der Waals surface area contributed by atoms with E-state index in [9.17, 15) is 22.8 Å². The molecule has 0 bridgehead atoms. The zero-order valence-electron chi connectivity index (χ0n) is 19.7. The Balaban J connectivity index is 1.55. The summed E-state index contributed by atoms with van der Waals surface area (Å²) in [5.74, 6) is 0.676. The minimum atomic E-state index is -4.58.